The molecule has 1 aromatic carbocycles. The van der Waals surface area contributed by atoms with Crippen molar-refractivity contribution in [1.29, 1.82) is 0 Å². The van der Waals surface area contributed by atoms with Crippen LogP contribution in [0.3, 0.4) is 0 Å². The Balaban J connectivity index is 2.96. The zero-order valence-electron chi connectivity index (χ0n) is 11.9. The molecule has 3 N–H and O–H groups in total. The van der Waals surface area contributed by atoms with Crippen molar-refractivity contribution in [1.82, 2.24) is 4.90 Å². The number of nitrogens with one attached hydrogen (secondary N) is 1. The van der Waals surface area contributed by atoms with Gasteiger partial charge >= 0.3 is 0 Å². The first-order valence-electron chi connectivity index (χ1n) is 6.42. The smallest absolute Gasteiger partial charge is 0.254 e. The van der Waals surface area contributed by atoms with E-state index < -0.39 is 0 Å². The van der Waals surface area contributed by atoms with Gasteiger partial charge in [0.15, 0.2) is 0 Å². The van der Waals surface area contributed by atoms with E-state index >= 15 is 0 Å². The molecule has 1 rings (SSSR count). The summed E-state index contributed by atoms with van der Waals surface area (Å²) in [4.78, 5) is 25.3. The fourth-order valence-corrected chi connectivity index (χ4v) is 1.91. The van der Waals surface area contributed by atoms with Gasteiger partial charge in [0, 0.05) is 26.3 Å². The second-order valence-electron chi connectivity index (χ2n) is 4.72. The van der Waals surface area contributed by atoms with Gasteiger partial charge in [-0.25, -0.2) is 0 Å². The highest BCUT2D eigenvalue weighted by atomic mass is 35.5. The number of carbonyl (C=O) groups is 2. The topological polar surface area (TPSA) is 75.4 Å². The van der Waals surface area contributed by atoms with Crippen molar-refractivity contribution in [2.24, 2.45) is 11.7 Å². The molecule has 0 aliphatic heterocycles. The molecule has 2 amide bonds. The summed E-state index contributed by atoms with van der Waals surface area (Å²) in [6.07, 6.45) is 0.666. The van der Waals surface area contributed by atoms with Crippen LogP contribution in [0.15, 0.2) is 18.2 Å². The van der Waals surface area contributed by atoms with Crippen LogP contribution in [0.5, 0.6) is 0 Å². The average Bonchev–Trinajstić information content (AvgIpc) is 2.41. The first-order chi connectivity index (χ1) is 9.40. The molecule has 0 spiro atoms. The zero-order chi connectivity index (χ0) is 15.3. The molecule has 0 aliphatic carbocycles. The Kier molecular flexibility index (Phi) is 5.98. The van der Waals surface area contributed by atoms with Gasteiger partial charge in [0.25, 0.3) is 5.91 Å². The van der Waals surface area contributed by atoms with Crippen LogP contribution < -0.4 is 11.1 Å². The van der Waals surface area contributed by atoms with Gasteiger partial charge in [-0.2, -0.15) is 0 Å². The van der Waals surface area contributed by atoms with Crippen molar-refractivity contribution in [3.63, 3.8) is 0 Å². The largest absolute Gasteiger partial charge is 0.345 e. The Morgan fingerprint density at radius 3 is 2.55 bits per heavy atom. The summed E-state index contributed by atoms with van der Waals surface area (Å²) in [5.41, 5.74) is 6.43. The maximum atomic E-state index is 12.0. The summed E-state index contributed by atoms with van der Waals surface area (Å²) >= 11 is 6.01. The minimum atomic E-state index is -0.237. The van der Waals surface area contributed by atoms with Crippen LogP contribution in [0.1, 0.15) is 23.7 Å². The third-order valence-electron chi connectivity index (χ3n) is 3.02. The van der Waals surface area contributed by atoms with Gasteiger partial charge in [0.05, 0.1) is 16.5 Å². The van der Waals surface area contributed by atoms with Crippen LogP contribution in [0.2, 0.25) is 5.02 Å². The lowest BCUT2D eigenvalue weighted by atomic mass is 10.1. The van der Waals surface area contributed by atoms with E-state index in [2.05, 4.69) is 5.32 Å². The number of halogens is 1. The fourth-order valence-electron chi connectivity index (χ4n) is 1.71. The summed E-state index contributed by atoms with van der Waals surface area (Å²) < 4.78 is 0. The Hall–Kier alpha value is -1.59. The monoisotopic (exact) mass is 297 g/mol. The second-order valence-corrected chi connectivity index (χ2v) is 5.13. The van der Waals surface area contributed by atoms with E-state index in [0.717, 1.165) is 0 Å². The average molecular weight is 298 g/mol. The van der Waals surface area contributed by atoms with E-state index in [1.807, 2.05) is 6.92 Å². The van der Waals surface area contributed by atoms with Gasteiger partial charge in [-0.15, -0.1) is 0 Å². The molecule has 0 saturated carbocycles. The number of hydrogen-bond donors (Lipinski definition) is 2. The molecule has 110 valence electrons. The van der Waals surface area contributed by atoms with Crippen LogP contribution in [-0.2, 0) is 4.79 Å². The molecule has 0 heterocycles. The van der Waals surface area contributed by atoms with Gasteiger partial charge in [0.2, 0.25) is 5.91 Å². The van der Waals surface area contributed by atoms with Gasteiger partial charge in [0.1, 0.15) is 0 Å². The molecule has 0 bridgehead atoms. The fraction of sp³-hybridized carbons (Fsp3) is 0.429. The predicted octanol–water partition coefficient (Wildman–Crippen LogP) is 1.97. The molecule has 1 atom stereocenters. The van der Waals surface area contributed by atoms with Crippen molar-refractivity contribution in [2.45, 2.75) is 13.3 Å². The molecule has 0 fully saturated rings. The molecular formula is C14H20ClN3O2. The number of carbonyl (C=O) groups excluding carboxylic acids is 2. The number of anilines is 1. The normalized spacial score (nSPS) is 11.8. The summed E-state index contributed by atoms with van der Waals surface area (Å²) in [7, 11) is 3.29. The molecule has 1 unspecified atom stereocenters. The van der Waals surface area contributed by atoms with Crippen molar-refractivity contribution < 1.29 is 9.59 Å². The predicted molar refractivity (Wildman–Crippen MR) is 80.9 cm³/mol. The van der Waals surface area contributed by atoms with Gasteiger partial charge in [-0.3, -0.25) is 9.59 Å². The molecule has 6 heteroatoms. The van der Waals surface area contributed by atoms with E-state index in [4.69, 9.17) is 17.3 Å². The first kappa shape index (κ1) is 16.5. The Labute approximate surface area is 124 Å². The first-order valence-corrected chi connectivity index (χ1v) is 6.80. The number of hydrogen-bond acceptors (Lipinski definition) is 3. The third kappa shape index (κ3) is 3.95. The van der Waals surface area contributed by atoms with Crippen molar-refractivity contribution in [3.8, 4) is 0 Å². The number of rotatable bonds is 5. The number of nitrogens with zero attached hydrogens (tertiary/aromatic N) is 1. The minimum Gasteiger partial charge on any atom is -0.345 e. The standard InChI is InChI=1S/C14H20ClN3O2/c1-4-9(8-16)13(19)17-10-5-6-12(15)11(7-10)14(20)18(2)3/h5-7,9H,4,8,16H2,1-3H3,(H,17,19). The van der Waals surface area contributed by atoms with Crippen LogP contribution in [0.25, 0.3) is 0 Å². The van der Waals surface area contributed by atoms with Gasteiger partial charge in [-0.1, -0.05) is 18.5 Å². The molecule has 5 nitrogen and oxygen atoms in total. The number of amides is 2. The SMILES string of the molecule is CCC(CN)C(=O)Nc1ccc(Cl)c(C(=O)N(C)C)c1. The minimum absolute atomic E-state index is 0.152. The van der Waals surface area contributed by atoms with Crippen molar-refractivity contribution in [3.05, 3.63) is 28.8 Å². The Morgan fingerprint density at radius 1 is 1.40 bits per heavy atom. The highest BCUT2D eigenvalue weighted by Gasteiger charge is 2.17. The summed E-state index contributed by atoms with van der Waals surface area (Å²) in [6, 6.07) is 4.83. The second kappa shape index (κ2) is 7.26. The van der Waals surface area contributed by atoms with Crippen LogP contribution in [0.4, 0.5) is 5.69 Å². The summed E-state index contributed by atoms with van der Waals surface area (Å²) in [5, 5.41) is 3.11. The molecule has 1 aromatic rings. The number of nitrogens with two attached hydrogens (primary N) is 1. The lowest BCUT2D eigenvalue weighted by Crippen LogP contribution is -2.29. The summed E-state index contributed by atoms with van der Waals surface area (Å²) in [6.45, 7) is 2.19. The van der Waals surface area contributed by atoms with Gasteiger partial charge in [-0.05, 0) is 24.6 Å². The molecule has 0 radical (unpaired) electrons. The maximum absolute atomic E-state index is 12.0. The Morgan fingerprint density at radius 2 is 2.05 bits per heavy atom. The number of benzene rings is 1. The molecular weight excluding hydrogens is 278 g/mol. The highest BCUT2D eigenvalue weighted by molar-refractivity contribution is 6.34. The Bertz CT molecular complexity index is 499. The summed E-state index contributed by atoms with van der Waals surface area (Å²) in [5.74, 6) is -0.601. The van der Waals surface area contributed by atoms with Crippen LogP contribution >= 0.6 is 11.6 Å². The van der Waals surface area contributed by atoms with E-state index in [1.165, 1.54) is 4.90 Å². The zero-order valence-corrected chi connectivity index (χ0v) is 12.7. The van der Waals surface area contributed by atoms with Gasteiger partial charge < -0.3 is 16.0 Å². The lowest BCUT2D eigenvalue weighted by molar-refractivity contribution is -0.119. The van der Waals surface area contributed by atoms with E-state index in [1.54, 1.807) is 32.3 Å². The third-order valence-corrected chi connectivity index (χ3v) is 3.35. The molecule has 20 heavy (non-hydrogen) atoms. The van der Waals surface area contributed by atoms with Crippen LogP contribution in [-0.4, -0.2) is 37.4 Å². The van der Waals surface area contributed by atoms with E-state index in [0.29, 0.717) is 29.2 Å². The quantitative estimate of drug-likeness (QED) is 0.872. The molecule has 0 aliphatic rings. The highest BCUT2D eigenvalue weighted by Crippen LogP contribution is 2.22. The van der Waals surface area contributed by atoms with E-state index in [-0.39, 0.29) is 17.7 Å². The van der Waals surface area contributed by atoms with Crippen molar-refractivity contribution in [2.75, 3.05) is 26.0 Å². The maximum Gasteiger partial charge on any atom is 0.254 e. The van der Waals surface area contributed by atoms with Crippen molar-refractivity contribution >= 4 is 29.1 Å². The van der Waals surface area contributed by atoms with Crippen LogP contribution in [0, 0.1) is 5.92 Å². The molecule has 0 aromatic heterocycles. The van der Waals surface area contributed by atoms with E-state index in [9.17, 15) is 9.59 Å². The lowest BCUT2D eigenvalue weighted by Gasteiger charge is -2.15. The molecule has 0 saturated heterocycles.